The average molecular weight is 399 g/mol. The molecule has 5 nitrogen and oxygen atoms in total. The van der Waals surface area contributed by atoms with Crippen LogP contribution in [0.3, 0.4) is 0 Å². The summed E-state index contributed by atoms with van der Waals surface area (Å²) in [5.41, 5.74) is 4.95. The van der Waals surface area contributed by atoms with Crippen LogP contribution in [0.2, 0.25) is 0 Å². The van der Waals surface area contributed by atoms with E-state index in [1.807, 2.05) is 50.2 Å². The molecule has 30 heavy (non-hydrogen) atoms. The van der Waals surface area contributed by atoms with E-state index in [9.17, 15) is 9.59 Å². The zero-order chi connectivity index (χ0) is 21.1. The molecular weight excluding hydrogens is 374 g/mol. The van der Waals surface area contributed by atoms with Gasteiger partial charge in [0.15, 0.2) is 0 Å². The van der Waals surface area contributed by atoms with Crippen molar-refractivity contribution in [3.8, 4) is 0 Å². The van der Waals surface area contributed by atoms with Crippen LogP contribution in [0.4, 0.5) is 5.69 Å². The van der Waals surface area contributed by atoms with Crippen LogP contribution in [0.15, 0.2) is 66.7 Å². The Morgan fingerprint density at radius 2 is 1.70 bits per heavy atom. The van der Waals surface area contributed by atoms with Crippen LogP contribution in [0, 0.1) is 6.92 Å². The molecule has 0 fully saturated rings. The normalized spacial score (nSPS) is 12.9. The Hall–Kier alpha value is -3.47. The number of aromatic nitrogens is 1. The SMILES string of the molecule is CCN(C(=O)c1cccc(C(=O)N2CCc3ccccc3C2)n1)c1cccc(C)c1. The van der Waals surface area contributed by atoms with E-state index in [-0.39, 0.29) is 17.5 Å². The molecule has 1 aromatic heterocycles. The lowest BCUT2D eigenvalue weighted by atomic mass is 10.00. The molecule has 2 heterocycles. The third-order valence-electron chi connectivity index (χ3n) is 5.48. The van der Waals surface area contributed by atoms with E-state index in [0.717, 1.165) is 17.7 Å². The molecule has 1 aliphatic heterocycles. The van der Waals surface area contributed by atoms with Gasteiger partial charge in [0.25, 0.3) is 11.8 Å². The number of amides is 2. The Balaban J connectivity index is 1.56. The summed E-state index contributed by atoms with van der Waals surface area (Å²) in [6.07, 6.45) is 0.831. The van der Waals surface area contributed by atoms with Gasteiger partial charge in [0.05, 0.1) is 0 Å². The van der Waals surface area contributed by atoms with Crippen molar-refractivity contribution in [3.63, 3.8) is 0 Å². The molecule has 5 heteroatoms. The Labute approximate surface area is 177 Å². The highest BCUT2D eigenvalue weighted by molar-refractivity contribution is 6.05. The molecule has 0 radical (unpaired) electrons. The number of nitrogens with zero attached hydrogens (tertiary/aromatic N) is 3. The molecule has 4 rings (SSSR count). The fraction of sp³-hybridized carbons (Fsp3) is 0.240. The van der Waals surface area contributed by atoms with Gasteiger partial charge in [-0.05, 0) is 61.2 Å². The Bertz CT molecular complexity index is 1090. The molecule has 0 atom stereocenters. The van der Waals surface area contributed by atoms with Crippen LogP contribution >= 0.6 is 0 Å². The summed E-state index contributed by atoms with van der Waals surface area (Å²) in [5.74, 6) is -0.348. The fourth-order valence-electron chi connectivity index (χ4n) is 3.88. The number of carbonyl (C=O) groups excluding carboxylic acids is 2. The van der Waals surface area contributed by atoms with E-state index >= 15 is 0 Å². The highest BCUT2D eigenvalue weighted by atomic mass is 16.2. The molecule has 3 aromatic rings. The predicted molar refractivity (Wildman–Crippen MR) is 118 cm³/mol. The van der Waals surface area contributed by atoms with Crippen molar-refractivity contribution >= 4 is 17.5 Å². The van der Waals surface area contributed by atoms with Crippen molar-refractivity contribution in [1.29, 1.82) is 0 Å². The van der Waals surface area contributed by atoms with Gasteiger partial charge in [-0.1, -0.05) is 42.5 Å². The second-order valence-electron chi connectivity index (χ2n) is 7.54. The first-order chi connectivity index (χ1) is 14.6. The maximum absolute atomic E-state index is 13.1. The molecule has 0 unspecified atom stereocenters. The molecule has 1 aliphatic rings. The molecule has 152 valence electrons. The first kappa shape index (κ1) is 19.8. The van der Waals surface area contributed by atoms with Gasteiger partial charge in [0.1, 0.15) is 11.4 Å². The van der Waals surface area contributed by atoms with Crippen LogP contribution in [0.5, 0.6) is 0 Å². The van der Waals surface area contributed by atoms with Crippen molar-refractivity contribution < 1.29 is 9.59 Å². The number of hydrogen-bond donors (Lipinski definition) is 0. The summed E-state index contributed by atoms with van der Waals surface area (Å²) in [7, 11) is 0. The monoisotopic (exact) mass is 399 g/mol. The predicted octanol–water partition coefficient (Wildman–Crippen LogP) is 4.26. The summed E-state index contributed by atoms with van der Waals surface area (Å²) in [5, 5.41) is 0. The molecule has 0 N–H and O–H groups in total. The van der Waals surface area contributed by atoms with Crippen molar-refractivity contribution in [2.75, 3.05) is 18.0 Å². The fourth-order valence-corrected chi connectivity index (χ4v) is 3.88. The molecular formula is C25H25N3O2. The summed E-state index contributed by atoms with van der Waals surface area (Å²) < 4.78 is 0. The maximum Gasteiger partial charge on any atom is 0.276 e. The third kappa shape index (κ3) is 3.96. The highest BCUT2D eigenvalue weighted by Gasteiger charge is 2.24. The van der Waals surface area contributed by atoms with Gasteiger partial charge >= 0.3 is 0 Å². The number of anilines is 1. The highest BCUT2D eigenvalue weighted by Crippen LogP contribution is 2.21. The number of hydrogen-bond acceptors (Lipinski definition) is 3. The summed E-state index contributed by atoms with van der Waals surface area (Å²) in [4.78, 5) is 34.1. The molecule has 0 aliphatic carbocycles. The van der Waals surface area contributed by atoms with Gasteiger partial charge in [0, 0.05) is 25.3 Å². The minimum atomic E-state index is -0.207. The van der Waals surface area contributed by atoms with Crippen molar-refractivity contribution in [1.82, 2.24) is 9.88 Å². The first-order valence-corrected chi connectivity index (χ1v) is 10.3. The number of pyridine rings is 1. The third-order valence-corrected chi connectivity index (χ3v) is 5.48. The Kier molecular flexibility index (Phi) is 5.61. The van der Waals surface area contributed by atoms with E-state index in [1.165, 1.54) is 11.1 Å². The van der Waals surface area contributed by atoms with Crippen LogP contribution in [0.1, 0.15) is 44.6 Å². The quantitative estimate of drug-likeness (QED) is 0.659. The van der Waals surface area contributed by atoms with E-state index in [0.29, 0.717) is 25.3 Å². The first-order valence-electron chi connectivity index (χ1n) is 10.3. The van der Waals surface area contributed by atoms with Gasteiger partial charge in [-0.25, -0.2) is 4.98 Å². The summed E-state index contributed by atoms with van der Waals surface area (Å²) in [6.45, 7) is 5.67. The molecule has 0 saturated carbocycles. The van der Waals surface area contributed by atoms with Gasteiger partial charge in [-0.15, -0.1) is 0 Å². The van der Waals surface area contributed by atoms with Crippen molar-refractivity contribution in [3.05, 3.63) is 94.8 Å². The minimum absolute atomic E-state index is 0.141. The number of rotatable bonds is 4. The van der Waals surface area contributed by atoms with Crippen LogP contribution in [-0.4, -0.2) is 34.8 Å². The second kappa shape index (κ2) is 8.49. The van der Waals surface area contributed by atoms with Gasteiger partial charge < -0.3 is 9.80 Å². The van der Waals surface area contributed by atoms with Crippen LogP contribution in [-0.2, 0) is 13.0 Å². The summed E-state index contributed by atoms with van der Waals surface area (Å²) >= 11 is 0. The largest absolute Gasteiger partial charge is 0.333 e. The van der Waals surface area contributed by atoms with E-state index < -0.39 is 0 Å². The Morgan fingerprint density at radius 1 is 0.967 bits per heavy atom. The topological polar surface area (TPSA) is 53.5 Å². The molecule has 0 spiro atoms. The molecule has 0 saturated heterocycles. The number of fused-ring (bicyclic) bond motifs is 1. The second-order valence-corrected chi connectivity index (χ2v) is 7.54. The van der Waals surface area contributed by atoms with Gasteiger partial charge in [-0.2, -0.15) is 0 Å². The molecule has 2 aromatic carbocycles. The lowest BCUT2D eigenvalue weighted by Gasteiger charge is -2.28. The van der Waals surface area contributed by atoms with E-state index in [1.54, 1.807) is 28.0 Å². The van der Waals surface area contributed by atoms with Crippen molar-refractivity contribution in [2.45, 2.75) is 26.8 Å². The summed E-state index contributed by atoms with van der Waals surface area (Å²) in [6, 6.07) is 21.1. The zero-order valence-electron chi connectivity index (χ0n) is 17.3. The smallest absolute Gasteiger partial charge is 0.276 e. The lowest BCUT2D eigenvalue weighted by Crippen LogP contribution is -2.37. The average Bonchev–Trinajstić information content (AvgIpc) is 2.79. The van der Waals surface area contributed by atoms with E-state index in [4.69, 9.17) is 0 Å². The van der Waals surface area contributed by atoms with Gasteiger partial charge in [-0.3, -0.25) is 9.59 Å². The van der Waals surface area contributed by atoms with Gasteiger partial charge in [0.2, 0.25) is 0 Å². The van der Waals surface area contributed by atoms with Crippen molar-refractivity contribution in [2.24, 2.45) is 0 Å². The standard InChI is InChI=1S/C25H25N3O2/c1-3-28(21-11-6-8-18(2)16-21)25(30)23-13-7-12-22(26-23)24(29)27-15-14-19-9-4-5-10-20(19)17-27/h4-13,16H,3,14-15,17H2,1-2H3. The number of benzene rings is 2. The Morgan fingerprint density at radius 3 is 2.47 bits per heavy atom. The lowest BCUT2D eigenvalue weighted by molar-refractivity contribution is 0.0728. The minimum Gasteiger partial charge on any atom is -0.333 e. The number of carbonyl (C=O) groups is 2. The van der Waals surface area contributed by atoms with Crippen LogP contribution < -0.4 is 4.90 Å². The molecule has 2 amide bonds. The number of aryl methyl sites for hydroxylation is 1. The van der Waals surface area contributed by atoms with E-state index in [2.05, 4.69) is 17.1 Å². The maximum atomic E-state index is 13.1. The molecule has 0 bridgehead atoms. The van der Waals surface area contributed by atoms with Crippen LogP contribution in [0.25, 0.3) is 0 Å². The zero-order valence-corrected chi connectivity index (χ0v) is 17.3.